The van der Waals surface area contributed by atoms with Gasteiger partial charge in [0.05, 0.1) is 26.3 Å². The van der Waals surface area contributed by atoms with Crippen molar-refractivity contribution in [2.45, 2.75) is 39.1 Å². The molecule has 1 atom stereocenters. The molecule has 0 spiro atoms. The fourth-order valence-electron chi connectivity index (χ4n) is 1.58. The Kier molecular flexibility index (Phi) is 6.39. The van der Waals surface area contributed by atoms with Crippen LogP contribution in [0.3, 0.4) is 0 Å². The van der Waals surface area contributed by atoms with Crippen molar-refractivity contribution in [1.82, 2.24) is 0 Å². The highest BCUT2D eigenvalue weighted by Gasteiger charge is 2.17. The molecule has 0 aliphatic carbocycles. The summed E-state index contributed by atoms with van der Waals surface area (Å²) in [5.41, 5.74) is 0.506. The van der Waals surface area contributed by atoms with Gasteiger partial charge in [0.15, 0.2) is 0 Å². The monoisotopic (exact) mass is 296 g/mol. The lowest BCUT2D eigenvalue weighted by molar-refractivity contribution is -0.244. The molecule has 0 fully saturated rings. The fourth-order valence-corrected chi connectivity index (χ4v) is 2.75. The Labute approximate surface area is 122 Å². The third-order valence-electron chi connectivity index (χ3n) is 3.13. The molecule has 0 amide bonds. The van der Waals surface area contributed by atoms with Crippen molar-refractivity contribution < 1.29 is 19.3 Å². The van der Waals surface area contributed by atoms with E-state index in [1.807, 2.05) is 19.1 Å². The number of methoxy groups -OCH3 is 1. The summed E-state index contributed by atoms with van der Waals surface area (Å²) in [5, 5.41) is 1.31. The second-order valence-electron chi connectivity index (χ2n) is 5.86. The summed E-state index contributed by atoms with van der Waals surface area (Å²) in [6.45, 7) is 9.05. The SMILES string of the molecule is COC(C)CCOOC(=O)c1ccc([Si](C)(C)C)cc1. The number of benzene rings is 1. The molecule has 0 aliphatic rings. The van der Waals surface area contributed by atoms with E-state index in [1.165, 1.54) is 5.19 Å². The number of rotatable bonds is 7. The largest absolute Gasteiger partial charge is 0.382 e. The van der Waals surface area contributed by atoms with Crippen molar-refractivity contribution >= 4 is 19.2 Å². The first-order valence-electron chi connectivity index (χ1n) is 6.81. The zero-order valence-corrected chi connectivity index (χ0v) is 13.9. The van der Waals surface area contributed by atoms with Crippen LogP contribution >= 0.6 is 0 Å². The fraction of sp³-hybridized carbons (Fsp3) is 0.533. The van der Waals surface area contributed by atoms with Crippen LogP contribution < -0.4 is 5.19 Å². The Morgan fingerprint density at radius 1 is 1.20 bits per heavy atom. The molecule has 5 heteroatoms. The summed E-state index contributed by atoms with van der Waals surface area (Å²) in [5.74, 6) is -0.461. The molecule has 0 N–H and O–H groups in total. The van der Waals surface area contributed by atoms with E-state index in [4.69, 9.17) is 14.5 Å². The molecule has 112 valence electrons. The van der Waals surface area contributed by atoms with E-state index < -0.39 is 14.0 Å². The van der Waals surface area contributed by atoms with E-state index in [0.717, 1.165) is 0 Å². The van der Waals surface area contributed by atoms with Gasteiger partial charge in [-0.1, -0.05) is 37.0 Å². The number of ether oxygens (including phenoxy) is 1. The maximum atomic E-state index is 11.8. The molecular formula is C15H24O4Si. The van der Waals surface area contributed by atoms with E-state index in [0.29, 0.717) is 18.6 Å². The summed E-state index contributed by atoms with van der Waals surface area (Å²) in [6, 6.07) is 7.57. The number of carbonyl (C=O) groups is 1. The number of hydrogen-bond donors (Lipinski definition) is 0. The van der Waals surface area contributed by atoms with Crippen LogP contribution in [0.4, 0.5) is 0 Å². The van der Waals surface area contributed by atoms with Crippen molar-refractivity contribution in [3.05, 3.63) is 29.8 Å². The van der Waals surface area contributed by atoms with Crippen molar-refractivity contribution in [1.29, 1.82) is 0 Å². The highest BCUT2D eigenvalue weighted by molar-refractivity contribution is 6.88. The summed E-state index contributed by atoms with van der Waals surface area (Å²) < 4.78 is 5.07. The predicted octanol–water partition coefficient (Wildman–Crippen LogP) is 2.75. The summed E-state index contributed by atoms with van der Waals surface area (Å²) in [7, 11) is 0.299. The van der Waals surface area contributed by atoms with Crippen molar-refractivity contribution in [2.24, 2.45) is 0 Å². The molecule has 1 aromatic rings. The standard InChI is InChI=1S/C15H24O4Si/c1-12(17-2)10-11-18-19-15(16)13-6-8-14(9-7-13)20(3,4)5/h6-9,12H,10-11H2,1-5H3. The van der Waals surface area contributed by atoms with E-state index in [1.54, 1.807) is 19.2 Å². The topological polar surface area (TPSA) is 44.8 Å². The summed E-state index contributed by atoms with van der Waals surface area (Å²) in [4.78, 5) is 21.4. The van der Waals surface area contributed by atoms with Crippen molar-refractivity contribution in [3.63, 3.8) is 0 Å². The van der Waals surface area contributed by atoms with Crippen LogP contribution in [-0.4, -0.2) is 33.9 Å². The van der Waals surface area contributed by atoms with Gasteiger partial charge < -0.3 is 4.74 Å². The van der Waals surface area contributed by atoms with Crippen LogP contribution in [0.15, 0.2) is 24.3 Å². The van der Waals surface area contributed by atoms with Crippen LogP contribution in [0.5, 0.6) is 0 Å². The summed E-state index contributed by atoms with van der Waals surface area (Å²) >= 11 is 0. The highest BCUT2D eigenvalue weighted by Crippen LogP contribution is 2.06. The van der Waals surface area contributed by atoms with Gasteiger partial charge in [-0.3, -0.25) is 4.89 Å². The van der Waals surface area contributed by atoms with Gasteiger partial charge in [0, 0.05) is 13.5 Å². The third-order valence-corrected chi connectivity index (χ3v) is 5.20. The molecule has 0 aromatic heterocycles. The van der Waals surface area contributed by atoms with Gasteiger partial charge in [0.25, 0.3) is 0 Å². The molecular weight excluding hydrogens is 272 g/mol. The zero-order chi connectivity index (χ0) is 15.2. The van der Waals surface area contributed by atoms with Gasteiger partial charge >= 0.3 is 5.97 Å². The second kappa shape index (κ2) is 7.57. The van der Waals surface area contributed by atoms with Gasteiger partial charge in [-0.25, -0.2) is 4.79 Å². The molecule has 4 nitrogen and oxygen atoms in total. The Balaban J connectivity index is 2.44. The lowest BCUT2D eigenvalue weighted by Crippen LogP contribution is -2.37. The third kappa shape index (κ3) is 5.44. The lowest BCUT2D eigenvalue weighted by atomic mass is 10.2. The minimum Gasteiger partial charge on any atom is -0.382 e. The predicted molar refractivity (Wildman–Crippen MR) is 81.9 cm³/mol. The van der Waals surface area contributed by atoms with E-state index in [2.05, 4.69) is 19.6 Å². The molecule has 1 rings (SSSR count). The Bertz CT molecular complexity index is 422. The van der Waals surface area contributed by atoms with E-state index >= 15 is 0 Å². The Hall–Kier alpha value is -1.17. The minimum absolute atomic E-state index is 0.0877. The first-order valence-corrected chi connectivity index (χ1v) is 10.3. The lowest BCUT2D eigenvalue weighted by Gasteiger charge is -2.16. The molecule has 0 saturated carbocycles. The van der Waals surface area contributed by atoms with Crippen LogP contribution in [-0.2, 0) is 14.5 Å². The number of hydrogen-bond acceptors (Lipinski definition) is 4. The smallest absolute Gasteiger partial charge is 0.373 e. The average molecular weight is 296 g/mol. The maximum absolute atomic E-state index is 11.8. The van der Waals surface area contributed by atoms with Gasteiger partial charge in [-0.05, 0) is 19.1 Å². The van der Waals surface area contributed by atoms with Crippen LogP contribution in [0, 0.1) is 0 Å². The number of carbonyl (C=O) groups excluding carboxylic acids is 1. The quantitative estimate of drug-likeness (QED) is 0.336. The Morgan fingerprint density at radius 3 is 2.30 bits per heavy atom. The van der Waals surface area contributed by atoms with Crippen LogP contribution in [0.2, 0.25) is 19.6 Å². The molecule has 0 radical (unpaired) electrons. The second-order valence-corrected chi connectivity index (χ2v) is 10.9. The first kappa shape index (κ1) is 16.9. The highest BCUT2D eigenvalue weighted by atomic mass is 28.3. The molecule has 20 heavy (non-hydrogen) atoms. The zero-order valence-electron chi connectivity index (χ0n) is 12.9. The molecule has 0 aliphatic heterocycles. The molecule has 0 heterocycles. The minimum atomic E-state index is -1.34. The van der Waals surface area contributed by atoms with Gasteiger partial charge in [0.1, 0.15) is 0 Å². The van der Waals surface area contributed by atoms with Crippen molar-refractivity contribution in [3.8, 4) is 0 Å². The molecule has 0 saturated heterocycles. The van der Waals surface area contributed by atoms with Crippen LogP contribution in [0.25, 0.3) is 0 Å². The van der Waals surface area contributed by atoms with E-state index in [-0.39, 0.29) is 6.10 Å². The van der Waals surface area contributed by atoms with Crippen LogP contribution in [0.1, 0.15) is 23.7 Å². The van der Waals surface area contributed by atoms with Gasteiger partial charge in [-0.2, -0.15) is 4.89 Å². The Morgan fingerprint density at radius 2 is 1.80 bits per heavy atom. The average Bonchev–Trinajstić information content (AvgIpc) is 2.42. The molecule has 1 aromatic carbocycles. The van der Waals surface area contributed by atoms with Gasteiger partial charge in [-0.15, -0.1) is 0 Å². The maximum Gasteiger partial charge on any atom is 0.373 e. The molecule has 0 bridgehead atoms. The first-order chi connectivity index (χ1) is 9.34. The normalized spacial score (nSPS) is 13.1. The van der Waals surface area contributed by atoms with Gasteiger partial charge in [0.2, 0.25) is 0 Å². The molecule has 1 unspecified atom stereocenters. The van der Waals surface area contributed by atoms with Crippen molar-refractivity contribution in [2.75, 3.05) is 13.7 Å². The summed E-state index contributed by atoms with van der Waals surface area (Å²) in [6.07, 6.45) is 0.767. The van der Waals surface area contributed by atoms with E-state index in [9.17, 15) is 4.79 Å².